The van der Waals surface area contributed by atoms with Gasteiger partial charge in [-0.1, -0.05) is 30.3 Å². The Hall–Kier alpha value is -2.37. The lowest BCUT2D eigenvalue weighted by Crippen LogP contribution is -2.41. The molecule has 0 aliphatic rings. The van der Waals surface area contributed by atoms with Crippen LogP contribution in [0, 0.1) is 0 Å². The Kier molecular flexibility index (Phi) is 8.42. The molecule has 1 atom stereocenters. The van der Waals surface area contributed by atoms with Gasteiger partial charge in [0.15, 0.2) is 0 Å². The number of esters is 2. The number of benzene rings is 1. The van der Waals surface area contributed by atoms with Crippen LogP contribution in [-0.2, 0) is 30.3 Å². The minimum atomic E-state index is -0.700. The highest BCUT2D eigenvalue weighted by Crippen LogP contribution is 2.08. The molecule has 0 bridgehead atoms. The van der Waals surface area contributed by atoms with Crippen LogP contribution in [0.4, 0.5) is 0 Å². The van der Waals surface area contributed by atoms with Crippen LogP contribution in [0.5, 0.6) is 0 Å². The molecule has 0 unspecified atom stereocenters. The second kappa shape index (κ2) is 10.4. The molecule has 1 N–H and O–H groups in total. The van der Waals surface area contributed by atoms with Crippen molar-refractivity contribution in [2.24, 2.45) is 0 Å². The van der Waals surface area contributed by atoms with E-state index in [1.807, 2.05) is 30.3 Å². The van der Waals surface area contributed by atoms with Crippen LogP contribution >= 0.6 is 0 Å². The van der Waals surface area contributed by atoms with E-state index in [0.29, 0.717) is 6.42 Å². The first kappa shape index (κ1) is 18.7. The van der Waals surface area contributed by atoms with Crippen molar-refractivity contribution in [2.75, 3.05) is 14.2 Å². The zero-order valence-electron chi connectivity index (χ0n) is 13.5. The molecule has 126 valence electrons. The largest absolute Gasteiger partial charge is 0.469 e. The van der Waals surface area contributed by atoms with Crippen LogP contribution in [0.3, 0.4) is 0 Å². The highest BCUT2D eigenvalue weighted by Gasteiger charge is 2.21. The lowest BCUT2D eigenvalue weighted by molar-refractivity contribution is -0.145. The summed E-state index contributed by atoms with van der Waals surface area (Å²) >= 11 is 0. The van der Waals surface area contributed by atoms with Gasteiger partial charge < -0.3 is 14.8 Å². The molecule has 1 aromatic carbocycles. The summed E-state index contributed by atoms with van der Waals surface area (Å²) in [7, 11) is 2.55. The monoisotopic (exact) mass is 321 g/mol. The predicted molar refractivity (Wildman–Crippen MR) is 84.6 cm³/mol. The van der Waals surface area contributed by atoms with E-state index in [4.69, 9.17) is 4.74 Å². The number of nitrogens with one attached hydrogen (secondary N) is 1. The number of rotatable bonds is 9. The molecule has 0 spiro atoms. The smallest absolute Gasteiger partial charge is 0.328 e. The summed E-state index contributed by atoms with van der Waals surface area (Å²) in [4.78, 5) is 34.6. The van der Waals surface area contributed by atoms with Crippen molar-refractivity contribution in [1.29, 1.82) is 0 Å². The molecule has 1 aromatic rings. The average Bonchev–Trinajstić information content (AvgIpc) is 2.58. The van der Waals surface area contributed by atoms with Crippen LogP contribution in [0.15, 0.2) is 30.3 Å². The quantitative estimate of drug-likeness (QED) is 0.699. The second-order valence-corrected chi connectivity index (χ2v) is 5.10. The van der Waals surface area contributed by atoms with Gasteiger partial charge in [-0.25, -0.2) is 4.79 Å². The van der Waals surface area contributed by atoms with E-state index in [1.54, 1.807) is 0 Å². The van der Waals surface area contributed by atoms with E-state index in [0.717, 1.165) is 12.8 Å². The number of hydrogen-bond acceptors (Lipinski definition) is 5. The van der Waals surface area contributed by atoms with Crippen LogP contribution in [0.25, 0.3) is 0 Å². The zero-order valence-corrected chi connectivity index (χ0v) is 13.5. The van der Waals surface area contributed by atoms with Crippen molar-refractivity contribution in [3.8, 4) is 0 Å². The van der Waals surface area contributed by atoms with Crippen LogP contribution < -0.4 is 5.32 Å². The van der Waals surface area contributed by atoms with Gasteiger partial charge in [0.2, 0.25) is 5.91 Å². The van der Waals surface area contributed by atoms with E-state index in [1.165, 1.54) is 19.8 Å². The second-order valence-electron chi connectivity index (χ2n) is 5.10. The van der Waals surface area contributed by atoms with E-state index < -0.39 is 18.0 Å². The predicted octanol–water partition coefficient (Wildman–Crippen LogP) is 1.62. The van der Waals surface area contributed by atoms with E-state index in [-0.39, 0.29) is 18.7 Å². The molecule has 0 aromatic heterocycles. The van der Waals surface area contributed by atoms with E-state index in [9.17, 15) is 14.4 Å². The van der Waals surface area contributed by atoms with E-state index >= 15 is 0 Å². The minimum Gasteiger partial charge on any atom is -0.469 e. The molecule has 0 radical (unpaired) electrons. The van der Waals surface area contributed by atoms with Crippen LogP contribution in [-0.4, -0.2) is 38.1 Å². The number of carbonyl (C=O) groups is 3. The molecule has 1 rings (SSSR count). The standard InChI is InChI=1S/C17H23NO5/c1-22-16(20)12-11-15(19)18-14(17(21)23-2)10-6-9-13-7-4-3-5-8-13/h3-5,7-8,14H,6,9-12H2,1-2H3,(H,18,19)/t14-/m0/s1. The Labute approximate surface area is 136 Å². The van der Waals surface area contributed by atoms with Crippen molar-refractivity contribution in [1.82, 2.24) is 5.32 Å². The van der Waals surface area contributed by atoms with Crippen molar-refractivity contribution in [2.45, 2.75) is 38.1 Å². The molecule has 0 aliphatic heterocycles. The summed E-state index contributed by atoms with van der Waals surface area (Å²) in [5.74, 6) is -1.31. The summed E-state index contributed by atoms with van der Waals surface area (Å²) in [6.45, 7) is 0. The van der Waals surface area contributed by atoms with Gasteiger partial charge in [-0.05, 0) is 24.8 Å². The number of amides is 1. The highest BCUT2D eigenvalue weighted by atomic mass is 16.5. The molecule has 6 heteroatoms. The number of methoxy groups -OCH3 is 2. The fourth-order valence-electron chi connectivity index (χ4n) is 2.13. The molecular formula is C17H23NO5. The summed E-state index contributed by atoms with van der Waals surface area (Å²) < 4.78 is 9.20. The third-order valence-corrected chi connectivity index (χ3v) is 3.41. The fraction of sp³-hybridized carbons (Fsp3) is 0.471. The van der Waals surface area contributed by atoms with Gasteiger partial charge in [0.25, 0.3) is 0 Å². The van der Waals surface area contributed by atoms with Gasteiger partial charge in [0, 0.05) is 6.42 Å². The molecule has 0 saturated carbocycles. The molecule has 0 aliphatic carbocycles. The third-order valence-electron chi connectivity index (χ3n) is 3.41. The molecule has 0 saturated heterocycles. The SMILES string of the molecule is COC(=O)CCC(=O)N[C@@H](CCCc1ccccc1)C(=O)OC. The first-order valence-corrected chi connectivity index (χ1v) is 7.54. The van der Waals surface area contributed by atoms with Gasteiger partial charge in [-0.2, -0.15) is 0 Å². The molecule has 0 fully saturated rings. The Morgan fingerprint density at radius 1 is 1.04 bits per heavy atom. The van der Waals surface area contributed by atoms with Crippen LogP contribution in [0.2, 0.25) is 0 Å². The number of carbonyl (C=O) groups excluding carboxylic acids is 3. The number of aryl methyl sites for hydroxylation is 1. The summed E-state index contributed by atoms with van der Waals surface area (Å²) in [5.41, 5.74) is 1.17. The average molecular weight is 321 g/mol. The minimum absolute atomic E-state index is 0.0136. The van der Waals surface area contributed by atoms with Crippen LogP contribution in [0.1, 0.15) is 31.2 Å². The molecule has 23 heavy (non-hydrogen) atoms. The van der Waals surface area contributed by atoms with Crippen molar-refractivity contribution >= 4 is 17.8 Å². The first-order chi connectivity index (χ1) is 11.1. The van der Waals surface area contributed by atoms with Gasteiger partial charge >= 0.3 is 11.9 Å². The van der Waals surface area contributed by atoms with Crippen molar-refractivity contribution in [3.05, 3.63) is 35.9 Å². The molecule has 1 amide bonds. The van der Waals surface area contributed by atoms with Crippen molar-refractivity contribution in [3.63, 3.8) is 0 Å². The molecular weight excluding hydrogens is 298 g/mol. The van der Waals surface area contributed by atoms with E-state index in [2.05, 4.69) is 10.1 Å². The fourth-order valence-corrected chi connectivity index (χ4v) is 2.13. The van der Waals surface area contributed by atoms with Gasteiger partial charge in [0.05, 0.1) is 20.6 Å². The Bertz CT molecular complexity index is 515. The lowest BCUT2D eigenvalue weighted by Gasteiger charge is -2.16. The summed E-state index contributed by atoms with van der Waals surface area (Å²) in [5, 5.41) is 2.61. The van der Waals surface area contributed by atoms with Gasteiger partial charge in [0.1, 0.15) is 6.04 Å². The summed E-state index contributed by atoms with van der Waals surface area (Å²) in [6.07, 6.45) is 2.00. The summed E-state index contributed by atoms with van der Waals surface area (Å²) in [6, 6.07) is 9.20. The molecule has 0 heterocycles. The number of ether oxygens (including phenoxy) is 2. The maximum Gasteiger partial charge on any atom is 0.328 e. The Morgan fingerprint density at radius 3 is 2.35 bits per heavy atom. The topological polar surface area (TPSA) is 81.7 Å². The Balaban J connectivity index is 2.44. The first-order valence-electron chi connectivity index (χ1n) is 7.54. The van der Waals surface area contributed by atoms with Gasteiger partial charge in [-0.3, -0.25) is 9.59 Å². The maximum absolute atomic E-state index is 11.8. The lowest BCUT2D eigenvalue weighted by atomic mass is 10.0. The van der Waals surface area contributed by atoms with Gasteiger partial charge in [-0.15, -0.1) is 0 Å². The highest BCUT2D eigenvalue weighted by molar-refractivity contribution is 5.86. The number of hydrogen-bond donors (Lipinski definition) is 1. The third kappa shape index (κ3) is 7.44. The Morgan fingerprint density at radius 2 is 1.74 bits per heavy atom. The van der Waals surface area contributed by atoms with Crippen molar-refractivity contribution < 1.29 is 23.9 Å². The molecule has 6 nitrogen and oxygen atoms in total. The zero-order chi connectivity index (χ0) is 17.1. The normalized spacial score (nSPS) is 11.4. The maximum atomic E-state index is 11.8.